The van der Waals surface area contributed by atoms with Crippen LogP contribution < -0.4 is 15.4 Å². The zero-order valence-corrected chi connectivity index (χ0v) is 23.6. The van der Waals surface area contributed by atoms with Crippen molar-refractivity contribution in [3.05, 3.63) is 106 Å². The third-order valence-corrected chi connectivity index (χ3v) is 7.63. The molecule has 7 nitrogen and oxygen atoms in total. The SMILES string of the molecule is CCCSc1nc2n(n1)C(c1ccc(OCc3ccc(Cl)cc3)cc1)C(C(=O)Nc1ccc(C)cc1)=C(C)N2. The number of anilines is 2. The minimum atomic E-state index is -0.458. The van der Waals surface area contributed by atoms with Gasteiger partial charge in [-0.15, -0.1) is 5.10 Å². The fraction of sp³-hybridized carbons (Fsp3) is 0.233. The van der Waals surface area contributed by atoms with E-state index in [1.807, 2.05) is 86.6 Å². The topological polar surface area (TPSA) is 81.1 Å². The second-order valence-corrected chi connectivity index (χ2v) is 10.9. The number of nitrogens with zero attached hydrogens (tertiary/aromatic N) is 3. The van der Waals surface area contributed by atoms with Crippen LogP contribution in [0, 0.1) is 6.92 Å². The highest BCUT2D eigenvalue weighted by atomic mass is 35.5. The molecule has 2 heterocycles. The average molecular weight is 560 g/mol. The van der Waals surface area contributed by atoms with Crippen molar-refractivity contribution < 1.29 is 9.53 Å². The van der Waals surface area contributed by atoms with Crippen molar-refractivity contribution >= 4 is 40.9 Å². The maximum Gasteiger partial charge on any atom is 0.255 e. The Morgan fingerprint density at radius 2 is 1.77 bits per heavy atom. The summed E-state index contributed by atoms with van der Waals surface area (Å²) in [6.07, 6.45) is 1.02. The summed E-state index contributed by atoms with van der Waals surface area (Å²) in [6, 6.07) is 22.7. The predicted molar refractivity (Wildman–Crippen MR) is 158 cm³/mol. The van der Waals surface area contributed by atoms with Crippen LogP contribution in [0.4, 0.5) is 11.6 Å². The molecule has 2 N–H and O–H groups in total. The van der Waals surface area contributed by atoms with Gasteiger partial charge in [0.2, 0.25) is 11.1 Å². The van der Waals surface area contributed by atoms with Crippen molar-refractivity contribution in [2.75, 3.05) is 16.4 Å². The lowest BCUT2D eigenvalue weighted by Gasteiger charge is -2.28. The van der Waals surface area contributed by atoms with Gasteiger partial charge in [0.05, 0.1) is 5.57 Å². The number of hydrogen-bond acceptors (Lipinski definition) is 6. The van der Waals surface area contributed by atoms with Crippen molar-refractivity contribution in [2.45, 2.75) is 45.0 Å². The minimum Gasteiger partial charge on any atom is -0.489 e. The minimum absolute atomic E-state index is 0.194. The van der Waals surface area contributed by atoms with E-state index < -0.39 is 6.04 Å². The van der Waals surface area contributed by atoms with Gasteiger partial charge in [-0.1, -0.05) is 72.2 Å². The van der Waals surface area contributed by atoms with Crippen LogP contribution in [0.2, 0.25) is 5.02 Å². The molecule has 5 rings (SSSR count). The number of ether oxygens (including phenoxy) is 1. The van der Waals surface area contributed by atoms with Gasteiger partial charge in [0, 0.05) is 22.2 Å². The molecule has 1 unspecified atom stereocenters. The number of fused-ring (bicyclic) bond motifs is 1. The summed E-state index contributed by atoms with van der Waals surface area (Å²) in [5.41, 5.74) is 5.11. The first-order valence-corrected chi connectivity index (χ1v) is 14.2. The third kappa shape index (κ3) is 6.29. The first kappa shape index (κ1) is 26.8. The predicted octanol–water partition coefficient (Wildman–Crippen LogP) is 7.25. The molecule has 1 aliphatic rings. The summed E-state index contributed by atoms with van der Waals surface area (Å²) < 4.78 is 7.80. The number of thioether (sulfide) groups is 1. The highest BCUT2D eigenvalue weighted by Crippen LogP contribution is 2.37. The molecule has 39 heavy (non-hydrogen) atoms. The monoisotopic (exact) mass is 559 g/mol. The van der Waals surface area contributed by atoms with E-state index in [-0.39, 0.29) is 5.91 Å². The summed E-state index contributed by atoms with van der Waals surface area (Å²) in [5, 5.41) is 12.5. The van der Waals surface area contributed by atoms with Gasteiger partial charge in [0.1, 0.15) is 18.4 Å². The number of hydrogen-bond donors (Lipinski definition) is 2. The van der Waals surface area contributed by atoms with Crippen LogP contribution in [0.25, 0.3) is 0 Å². The van der Waals surface area contributed by atoms with Crippen molar-refractivity contribution in [3.8, 4) is 5.75 Å². The zero-order valence-electron chi connectivity index (χ0n) is 22.1. The van der Waals surface area contributed by atoms with Crippen molar-refractivity contribution in [2.24, 2.45) is 0 Å². The van der Waals surface area contributed by atoms with E-state index in [0.717, 1.165) is 46.0 Å². The second kappa shape index (κ2) is 12.0. The molecule has 1 aromatic heterocycles. The molecule has 0 spiro atoms. The quantitative estimate of drug-likeness (QED) is 0.210. The molecule has 1 amide bonds. The lowest BCUT2D eigenvalue weighted by Crippen LogP contribution is -2.31. The summed E-state index contributed by atoms with van der Waals surface area (Å²) in [4.78, 5) is 18.4. The van der Waals surface area contributed by atoms with Crippen LogP contribution in [0.3, 0.4) is 0 Å². The Morgan fingerprint density at radius 1 is 1.05 bits per heavy atom. The number of benzene rings is 3. The highest BCUT2D eigenvalue weighted by Gasteiger charge is 2.34. The summed E-state index contributed by atoms with van der Waals surface area (Å²) in [5.74, 6) is 2.07. The Bertz CT molecular complexity index is 1480. The third-order valence-electron chi connectivity index (χ3n) is 6.34. The van der Waals surface area contributed by atoms with E-state index in [9.17, 15) is 4.79 Å². The number of aryl methyl sites for hydroxylation is 1. The van der Waals surface area contributed by atoms with Gasteiger partial charge in [-0.3, -0.25) is 4.79 Å². The highest BCUT2D eigenvalue weighted by molar-refractivity contribution is 7.99. The number of nitrogens with one attached hydrogen (secondary N) is 2. The molecule has 9 heteroatoms. The Labute approximate surface area is 237 Å². The molecular weight excluding hydrogens is 530 g/mol. The number of allylic oxidation sites excluding steroid dienone is 1. The lowest BCUT2D eigenvalue weighted by molar-refractivity contribution is -0.113. The summed E-state index contributed by atoms with van der Waals surface area (Å²) in [7, 11) is 0. The van der Waals surface area contributed by atoms with E-state index in [1.165, 1.54) is 0 Å². The van der Waals surface area contributed by atoms with Crippen LogP contribution in [-0.2, 0) is 11.4 Å². The maximum absolute atomic E-state index is 13.7. The van der Waals surface area contributed by atoms with Gasteiger partial charge >= 0.3 is 0 Å². The summed E-state index contributed by atoms with van der Waals surface area (Å²) >= 11 is 7.59. The Morgan fingerprint density at radius 3 is 2.46 bits per heavy atom. The average Bonchev–Trinajstić information content (AvgIpc) is 3.34. The van der Waals surface area contributed by atoms with Crippen LogP contribution >= 0.6 is 23.4 Å². The lowest BCUT2D eigenvalue weighted by atomic mass is 9.95. The molecule has 0 radical (unpaired) electrons. The molecule has 1 aliphatic heterocycles. The molecule has 0 fully saturated rings. The van der Waals surface area contributed by atoms with Crippen molar-refractivity contribution in [3.63, 3.8) is 0 Å². The molecule has 0 saturated heterocycles. The number of carbonyl (C=O) groups is 1. The van der Waals surface area contributed by atoms with Crippen LogP contribution in [0.5, 0.6) is 5.75 Å². The standard InChI is InChI=1S/C30H30ClN5O2S/c1-4-17-39-30-34-29-32-20(3)26(28(37)33-24-13-5-19(2)6-14-24)27(36(29)35-30)22-9-15-25(16-10-22)38-18-21-7-11-23(31)12-8-21/h5-16,27H,4,17-18H2,1-3H3,(H,33,37)(H,32,34,35). The largest absolute Gasteiger partial charge is 0.489 e. The molecule has 0 bridgehead atoms. The van der Waals surface area contributed by atoms with Gasteiger partial charge in [0.25, 0.3) is 5.91 Å². The first-order chi connectivity index (χ1) is 18.9. The van der Waals surface area contributed by atoms with E-state index in [4.69, 9.17) is 26.4 Å². The fourth-order valence-electron chi connectivity index (χ4n) is 4.32. The number of amides is 1. The molecule has 4 aromatic rings. The first-order valence-electron chi connectivity index (χ1n) is 12.8. The Kier molecular flexibility index (Phi) is 8.24. The van der Waals surface area contributed by atoms with Crippen molar-refractivity contribution in [1.29, 1.82) is 0 Å². The van der Waals surface area contributed by atoms with E-state index in [1.54, 1.807) is 16.4 Å². The van der Waals surface area contributed by atoms with Gasteiger partial charge < -0.3 is 15.4 Å². The number of carbonyl (C=O) groups excluding carboxylic acids is 1. The van der Waals surface area contributed by atoms with Crippen LogP contribution in [0.1, 0.15) is 43.0 Å². The summed E-state index contributed by atoms with van der Waals surface area (Å²) in [6.45, 7) is 6.47. The molecule has 200 valence electrons. The van der Waals surface area contributed by atoms with Gasteiger partial charge in [-0.2, -0.15) is 4.98 Å². The fourth-order valence-corrected chi connectivity index (χ4v) is 5.13. The van der Waals surface area contributed by atoms with E-state index >= 15 is 0 Å². The number of rotatable bonds is 9. The smallest absolute Gasteiger partial charge is 0.255 e. The van der Waals surface area contributed by atoms with Crippen LogP contribution in [0.15, 0.2) is 89.2 Å². The van der Waals surface area contributed by atoms with Gasteiger partial charge in [-0.25, -0.2) is 4.68 Å². The Balaban J connectivity index is 1.44. The molecule has 3 aromatic carbocycles. The van der Waals surface area contributed by atoms with E-state index in [0.29, 0.717) is 28.3 Å². The van der Waals surface area contributed by atoms with Gasteiger partial charge in [-0.05, 0) is 67.8 Å². The molecule has 1 atom stereocenters. The second-order valence-electron chi connectivity index (χ2n) is 9.38. The number of aromatic nitrogens is 3. The van der Waals surface area contributed by atoms with Crippen LogP contribution in [-0.4, -0.2) is 26.4 Å². The maximum atomic E-state index is 13.7. The molecule has 0 saturated carbocycles. The van der Waals surface area contributed by atoms with E-state index in [2.05, 4.69) is 17.6 Å². The normalized spacial score (nSPS) is 14.5. The van der Waals surface area contributed by atoms with Crippen molar-refractivity contribution in [1.82, 2.24) is 14.8 Å². The molecule has 0 aliphatic carbocycles. The number of halogens is 1. The molecular formula is C30H30ClN5O2S. The Hall–Kier alpha value is -3.75. The van der Waals surface area contributed by atoms with Gasteiger partial charge in [0.15, 0.2) is 0 Å². The zero-order chi connectivity index (χ0) is 27.4.